The van der Waals surface area contributed by atoms with Crippen molar-refractivity contribution in [3.05, 3.63) is 83.3 Å². The van der Waals surface area contributed by atoms with Crippen LogP contribution in [0.2, 0.25) is 0 Å². The van der Waals surface area contributed by atoms with Gasteiger partial charge in [0.15, 0.2) is 0 Å². The number of pyridine rings is 2. The largest absolute Gasteiger partial charge is 0.481 e. The zero-order chi connectivity index (χ0) is 23.2. The van der Waals surface area contributed by atoms with Gasteiger partial charge < -0.3 is 19.6 Å². The summed E-state index contributed by atoms with van der Waals surface area (Å²) in [5.41, 5.74) is 3.89. The zero-order valence-electron chi connectivity index (χ0n) is 18.5. The number of piperazine rings is 1. The lowest BCUT2D eigenvalue weighted by atomic mass is 10.1. The molecule has 0 radical (unpaired) electrons. The first kappa shape index (κ1) is 22.3. The number of aromatic nitrogens is 2. The highest BCUT2D eigenvalue weighted by Gasteiger charge is 2.23. The van der Waals surface area contributed by atoms with Crippen LogP contribution >= 0.6 is 0 Å². The topological polar surface area (TPSA) is 95.9 Å². The number of carboxylic acids is 1. The molecule has 170 valence electrons. The lowest BCUT2D eigenvalue weighted by Crippen LogP contribution is -2.49. The number of amides is 1. The maximum Gasteiger partial charge on any atom is 0.415 e. The number of ether oxygens (including phenoxy) is 1. The van der Waals surface area contributed by atoms with E-state index in [0.717, 1.165) is 29.1 Å². The third-order valence-corrected chi connectivity index (χ3v) is 5.51. The van der Waals surface area contributed by atoms with Crippen LogP contribution in [0.4, 0.5) is 10.6 Å². The molecule has 0 saturated carbocycles. The van der Waals surface area contributed by atoms with E-state index in [1.807, 2.05) is 43.5 Å². The van der Waals surface area contributed by atoms with Crippen molar-refractivity contribution < 1.29 is 19.4 Å². The Hall–Kier alpha value is -3.94. The van der Waals surface area contributed by atoms with Gasteiger partial charge in [0.25, 0.3) is 0 Å². The van der Waals surface area contributed by atoms with Crippen LogP contribution in [-0.2, 0) is 17.6 Å². The van der Waals surface area contributed by atoms with Gasteiger partial charge in [0.1, 0.15) is 11.6 Å². The predicted molar refractivity (Wildman–Crippen MR) is 124 cm³/mol. The number of hydrogen-bond acceptors (Lipinski definition) is 6. The number of rotatable bonds is 6. The van der Waals surface area contributed by atoms with Crippen molar-refractivity contribution in [3.8, 4) is 5.75 Å². The van der Waals surface area contributed by atoms with E-state index in [-0.39, 0.29) is 12.5 Å². The summed E-state index contributed by atoms with van der Waals surface area (Å²) in [6.45, 7) is 4.31. The van der Waals surface area contributed by atoms with Crippen molar-refractivity contribution in [2.75, 3.05) is 31.1 Å². The van der Waals surface area contributed by atoms with Gasteiger partial charge in [-0.15, -0.1) is 0 Å². The number of benzene rings is 1. The van der Waals surface area contributed by atoms with E-state index in [1.54, 1.807) is 29.3 Å². The standard InChI is InChI=1S/C25H26N4O4/c1-18-2-6-21(26-16-18)14-19-3-7-22(8-4-19)33-25(32)29-12-10-28(11-13-29)23-9-5-20(17-27-23)15-24(30)31/h2-9,16-17H,10-15H2,1H3,(H,30,31). The third-order valence-electron chi connectivity index (χ3n) is 5.51. The molecule has 1 aliphatic rings. The minimum absolute atomic E-state index is 0.0449. The second-order valence-corrected chi connectivity index (χ2v) is 8.08. The van der Waals surface area contributed by atoms with E-state index in [4.69, 9.17) is 9.84 Å². The molecule has 0 unspecified atom stereocenters. The first-order valence-electron chi connectivity index (χ1n) is 10.9. The van der Waals surface area contributed by atoms with Crippen LogP contribution in [-0.4, -0.2) is 58.2 Å². The van der Waals surface area contributed by atoms with Crippen molar-refractivity contribution in [1.82, 2.24) is 14.9 Å². The van der Waals surface area contributed by atoms with Gasteiger partial charge in [-0.1, -0.05) is 24.3 Å². The Kier molecular flexibility index (Phi) is 6.83. The number of nitrogens with zero attached hydrogens (tertiary/aromatic N) is 4. The highest BCUT2D eigenvalue weighted by atomic mass is 16.6. The Balaban J connectivity index is 1.26. The Morgan fingerprint density at radius 3 is 2.24 bits per heavy atom. The molecule has 33 heavy (non-hydrogen) atoms. The third kappa shape index (κ3) is 6.06. The van der Waals surface area contributed by atoms with Crippen LogP contribution in [0.1, 0.15) is 22.4 Å². The van der Waals surface area contributed by atoms with Gasteiger partial charge in [0, 0.05) is 50.7 Å². The molecule has 8 nitrogen and oxygen atoms in total. The Morgan fingerprint density at radius 2 is 1.64 bits per heavy atom. The summed E-state index contributed by atoms with van der Waals surface area (Å²) in [6.07, 6.45) is 3.75. The summed E-state index contributed by atoms with van der Waals surface area (Å²) >= 11 is 0. The van der Waals surface area contributed by atoms with E-state index in [1.165, 1.54) is 0 Å². The Labute approximate surface area is 192 Å². The average molecular weight is 447 g/mol. The maximum absolute atomic E-state index is 12.6. The molecule has 3 heterocycles. The smallest absolute Gasteiger partial charge is 0.415 e. The highest BCUT2D eigenvalue weighted by Crippen LogP contribution is 2.18. The molecule has 0 aliphatic carbocycles. The molecule has 4 rings (SSSR count). The molecule has 1 aromatic carbocycles. The normalized spacial score (nSPS) is 13.6. The number of carbonyl (C=O) groups is 2. The second-order valence-electron chi connectivity index (χ2n) is 8.08. The fourth-order valence-electron chi connectivity index (χ4n) is 3.65. The van der Waals surface area contributed by atoms with Gasteiger partial charge in [0.05, 0.1) is 6.42 Å². The van der Waals surface area contributed by atoms with Gasteiger partial charge >= 0.3 is 12.1 Å². The molecule has 3 aromatic rings. The summed E-state index contributed by atoms with van der Waals surface area (Å²) in [4.78, 5) is 35.9. The average Bonchev–Trinajstić information content (AvgIpc) is 2.82. The Morgan fingerprint density at radius 1 is 0.909 bits per heavy atom. The number of carboxylic acid groups (broad SMARTS) is 1. The fraction of sp³-hybridized carbons (Fsp3) is 0.280. The molecule has 0 spiro atoms. The SMILES string of the molecule is Cc1ccc(Cc2ccc(OC(=O)N3CCN(c4ccc(CC(=O)O)cn4)CC3)cc2)nc1. The van der Waals surface area contributed by atoms with Crippen LogP contribution in [0.25, 0.3) is 0 Å². The quantitative estimate of drug-likeness (QED) is 0.620. The highest BCUT2D eigenvalue weighted by molar-refractivity contribution is 5.71. The lowest BCUT2D eigenvalue weighted by molar-refractivity contribution is -0.136. The molecule has 2 aromatic heterocycles. The van der Waals surface area contributed by atoms with Crippen LogP contribution in [0.5, 0.6) is 5.75 Å². The van der Waals surface area contributed by atoms with E-state index < -0.39 is 5.97 Å². The molecule has 1 N–H and O–H groups in total. The molecule has 1 saturated heterocycles. The van der Waals surface area contributed by atoms with Crippen LogP contribution in [0.3, 0.4) is 0 Å². The summed E-state index contributed by atoms with van der Waals surface area (Å²) in [7, 11) is 0. The Bertz CT molecular complexity index is 1090. The number of hydrogen-bond donors (Lipinski definition) is 1. The van der Waals surface area contributed by atoms with Crippen LogP contribution in [0.15, 0.2) is 60.9 Å². The number of aryl methyl sites for hydroxylation is 1. The molecule has 0 bridgehead atoms. The van der Waals surface area contributed by atoms with E-state index >= 15 is 0 Å². The van der Waals surface area contributed by atoms with Gasteiger partial charge in [-0.2, -0.15) is 0 Å². The van der Waals surface area contributed by atoms with Gasteiger partial charge in [-0.05, 0) is 47.9 Å². The molecule has 0 atom stereocenters. The van der Waals surface area contributed by atoms with Gasteiger partial charge in [-0.3, -0.25) is 9.78 Å². The van der Waals surface area contributed by atoms with Crippen molar-refractivity contribution >= 4 is 17.9 Å². The van der Waals surface area contributed by atoms with E-state index in [2.05, 4.69) is 14.9 Å². The summed E-state index contributed by atoms with van der Waals surface area (Å²) in [6, 6.07) is 15.2. The van der Waals surface area contributed by atoms with Crippen LogP contribution in [0, 0.1) is 6.92 Å². The summed E-state index contributed by atoms with van der Waals surface area (Å²) in [5.74, 6) is 0.407. The zero-order valence-corrected chi connectivity index (χ0v) is 18.5. The molecule has 1 fully saturated rings. The minimum atomic E-state index is -0.880. The number of anilines is 1. The van der Waals surface area contributed by atoms with E-state index in [9.17, 15) is 9.59 Å². The van der Waals surface area contributed by atoms with Crippen molar-refractivity contribution in [2.24, 2.45) is 0 Å². The molecule has 1 aliphatic heterocycles. The minimum Gasteiger partial charge on any atom is -0.481 e. The number of carbonyl (C=O) groups excluding carboxylic acids is 1. The fourth-order valence-corrected chi connectivity index (χ4v) is 3.65. The van der Waals surface area contributed by atoms with Gasteiger partial charge in [-0.25, -0.2) is 9.78 Å². The monoisotopic (exact) mass is 446 g/mol. The molecule has 1 amide bonds. The van der Waals surface area contributed by atoms with Crippen LogP contribution < -0.4 is 9.64 Å². The summed E-state index contributed by atoms with van der Waals surface area (Å²) < 4.78 is 5.55. The first-order valence-corrected chi connectivity index (χ1v) is 10.9. The summed E-state index contributed by atoms with van der Waals surface area (Å²) in [5, 5.41) is 8.86. The van der Waals surface area contributed by atoms with E-state index in [0.29, 0.717) is 37.5 Å². The molecular weight excluding hydrogens is 420 g/mol. The first-order chi connectivity index (χ1) is 16.0. The number of aliphatic carboxylic acids is 1. The lowest BCUT2D eigenvalue weighted by Gasteiger charge is -2.34. The van der Waals surface area contributed by atoms with Crippen molar-refractivity contribution in [1.29, 1.82) is 0 Å². The maximum atomic E-state index is 12.6. The van der Waals surface area contributed by atoms with Crippen molar-refractivity contribution in [3.63, 3.8) is 0 Å². The van der Waals surface area contributed by atoms with Crippen molar-refractivity contribution in [2.45, 2.75) is 19.8 Å². The second kappa shape index (κ2) is 10.1. The van der Waals surface area contributed by atoms with Gasteiger partial charge in [0.2, 0.25) is 0 Å². The predicted octanol–water partition coefficient (Wildman–Crippen LogP) is 3.32. The molecular formula is C25H26N4O4. The molecule has 8 heteroatoms.